The highest BCUT2D eigenvalue weighted by atomic mass is 16.5. The van der Waals surface area contributed by atoms with Gasteiger partial charge in [-0.3, -0.25) is 9.69 Å². The Morgan fingerprint density at radius 3 is 2.91 bits per heavy atom. The fourth-order valence-corrected chi connectivity index (χ4v) is 3.00. The normalized spacial score (nSPS) is 25.7. The minimum Gasteiger partial charge on any atom is -0.495 e. The maximum atomic E-state index is 11.9. The first-order valence-corrected chi connectivity index (χ1v) is 7.56. The predicted octanol–water partition coefficient (Wildman–Crippen LogP) is 1.75. The molecule has 0 aliphatic carbocycles. The first kappa shape index (κ1) is 16.5. The van der Waals surface area contributed by atoms with Crippen molar-refractivity contribution in [1.82, 2.24) is 10.2 Å². The quantitative estimate of drug-likeness (QED) is 0.442. The van der Waals surface area contributed by atoms with E-state index in [2.05, 4.69) is 23.4 Å². The molecule has 2 saturated heterocycles. The third-order valence-electron chi connectivity index (χ3n) is 4.09. The molecule has 0 spiro atoms. The summed E-state index contributed by atoms with van der Waals surface area (Å²) in [6, 6.07) is 0.511. The van der Waals surface area contributed by atoms with Gasteiger partial charge in [0.25, 0.3) is 0 Å². The van der Waals surface area contributed by atoms with Crippen molar-refractivity contribution in [3.63, 3.8) is 0 Å². The molecule has 0 bridgehead atoms. The van der Waals surface area contributed by atoms with E-state index in [1.165, 1.54) is 19.3 Å². The molecule has 2 fully saturated rings. The van der Waals surface area contributed by atoms with Gasteiger partial charge in [-0.1, -0.05) is 19.2 Å². The Labute approximate surface area is 132 Å². The second kappa shape index (κ2) is 7.96. The van der Waals surface area contributed by atoms with Crippen LogP contribution < -0.4 is 5.32 Å². The smallest absolute Gasteiger partial charge is 0.248 e. The van der Waals surface area contributed by atoms with Crippen LogP contribution in [0, 0.1) is 0 Å². The number of hydrogen-bond donors (Lipinski definition) is 1. The van der Waals surface area contributed by atoms with Gasteiger partial charge in [-0.05, 0) is 25.0 Å². The highest BCUT2D eigenvalue weighted by Gasteiger charge is 2.37. The fourth-order valence-electron chi connectivity index (χ4n) is 3.00. The molecule has 0 aromatic carbocycles. The summed E-state index contributed by atoms with van der Waals surface area (Å²) in [5, 5.41) is 2.74. The molecule has 2 rings (SSSR count). The highest BCUT2D eigenvalue weighted by molar-refractivity contribution is 5.89. The van der Waals surface area contributed by atoms with E-state index in [4.69, 9.17) is 9.47 Å². The van der Waals surface area contributed by atoms with E-state index in [1.807, 2.05) is 6.08 Å². The van der Waals surface area contributed by atoms with E-state index in [0.29, 0.717) is 23.6 Å². The van der Waals surface area contributed by atoms with Gasteiger partial charge in [0.1, 0.15) is 5.76 Å². The number of carbonyl (C=O) groups is 1. The number of rotatable bonds is 7. The minimum atomic E-state index is -0.204. The van der Waals surface area contributed by atoms with Crippen LogP contribution in [0.15, 0.2) is 48.9 Å². The number of ether oxygens (including phenoxy) is 2. The number of nitrogens with one attached hydrogen (secondary N) is 1. The molecule has 2 unspecified atom stereocenters. The van der Waals surface area contributed by atoms with Crippen LogP contribution in [-0.4, -0.2) is 49.8 Å². The standard InChI is InChI=1S/C17H24N2O3/c1-4-13(15(5-2)21-3)18-17(20)7-6-10-19-11-8-16-14(19)9-12-22-16/h4-7,14,16H,1-2,8-12H2,3H3,(H,18,20). The summed E-state index contributed by atoms with van der Waals surface area (Å²) in [6.07, 6.45) is 9.06. The summed E-state index contributed by atoms with van der Waals surface area (Å²) in [7, 11) is 1.52. The number of methoxy groups -OCH3 is 1. The Morgan fingerprint density at radius 1 is 1.41 bits per heavy atom. The third-order valence-corrected chi connectivity index (χ3v) is 4.09. The first-order chi connectivity index (χ1) is 10.7. The van der Waals surface area contributed by atoms with Crippen molar-refractivity contribution >= 4 is 5.91 Å². The van der Waals surface area contributed by atoms with E-state index in [1.54, 1.807) is 6.08 Å². The van der Waals surface area contributed by atoms with Crippen LogP contribution in [0.25, 0.3) is 0 Å². The summed E-state index contributed by atoms with van der Waals surface area (Å²) in [6.45, 7) is 9.95. The molecule has 1 N–H and O–H groups in total. The van der Waals surface area contributed by atoms with Crippen LogP contribution >= 0.6 is 0 Å². The molecule has 0 aromatic rings. The Hall–Kier alpha value is -1.85. The fraction of sp³-hybridized carbons (Fsp3) is 0.471. The van der Waals surface area contributed by atoms with Crippen molar-refractivity contribution in [2.24, 2.45) is 0 Å². The van der Waals surface area contributed by atoms with Gasteiger partial charge in [0.15, 0.2) is 0 Å². The van der Waals surface area contributed by atoms with Gasteiger partial charge in [0, 0.05) is 31.8 Å². The van der Waals surface area contributed by atoms with Crippen LogP contribution in [0.4, 0.5) is 0 Å². The zero-order valence-electron chi connectivity index (χ0n) is 13.1. The highest BCUT2D eigenvalue weighted by Crippen LogP contribution is 2.28. The predicted molar refractivity (Wildman–Crippen MR) is 86.0 cm³/mol. The van der Waals surface area contributed by atoms with Crippen LogP contribution in [0.1, 0.15) is 12.8 Å². The van der Waals surface area contributed by atoms with Crippen molar-refractivity contribution in [3.8, 4) is 0 Å². The van der Waals surface area contributed by atoms with E-state index in [0.717, 1.165) is 32.5 Å². The maximum absolute atomic E-state index is 11.9. The second-order valence-electron chi connectivity index (χ2n) is 5.33. The second-order valence-corrected chi connectivity index (χ2v) is 5.33. The van der Waals surface area contributed by atoms with Gasteiger partial charge in [0.2, 0.25) is 5.91 Å². The number of fused-ring (bicyclic) bond motifs is 1. The molecule has 2 heterocycles. The average molecular weight is 304 g/mol. The molecule has 5 nitrogen and oxygen atoms in total. The lowest BCUT2D eigenvalue weighted by Gasteiger charge is -2.20. The molecular formula is C17H24N2O3. The summed E-state index contributed by atoms with van der Waals surface area (Å²) in [4.78, 5) is 14.3. The molecule has 0 radical (unpaired) electrons. The van der Waals surface area contributed by atoms with E-state index >= 15 is 0 Å². The summed E-state index contributed by atoms with van der Waals surface area (Å²) in [5.74, 6) is 0.284. The maximum Gasteiger partial charge on any atom is 0.248 e. The van der Waals surface area contributed by atoms with Gasteiger partial charge in [-0.15, -0.1) is 0 Å². The van der Waals surface area contributed by atoms with Crippen molar-refractivity contribution in [3.05, 3.63) is 48.9 Å². The molecule has 2 atom stereocenters. The number of hydrogen-bond acceptors (Lipinski definition) is 4. The molecule has 0 saturated carbocycles. The molecule has 0 aromatic heterocycles. The molecular weight excluding hydrogens is 280 g/mol. The number of amides is 1. The molecule has 120 valence electrons. The van der Waals surface area contributed by atoms with Gasteiger partial charge in [-0.25, -0.2) is 0 Å². The Bertz CT molecular complexity index is 496. The number of allylic oxidation sites excluding steroid dienone is 2. The zero-order chi connectivity index (χ0) is 15.9. The van der Waals surface area contributed by atoms with Crippen LogP contribution in [0.5, 0.6) is 0 Å². The molecule has 22 heavy (non-hydrogen) atoms. The van der Waals surface area contributed by atoms with E-state index in [-0.39, 0.29) is 5.91 Å². The average Bonchev–Trinajstić information content (AvgIpc) is 3.12. The van der Waals surface area contributed by atoms with Crippen molar-refractivity contribution in [2.75, 3.05) is 26.8 Å². The molecule has 2 aliphatic heterocycles. The monoisotopic (exact) mass is 304 g/mol. The number of likely N-dealkylation sites (tertiary alicyclic amines) is 1. The van der Waals surface area contributed by atoms with Gasteiger partial charge in [0.05, 0.1) is 18.9 Å². The first-order valence-electron chi connectivity index (χ1n) is 7.56. The van der Waals surface area contributed by atoms with Crippen molar-refractivity contribution < 1.29 is 14.3 Å². The van der Waals surface area contributed by atoms with Crippen LogP contribution in [-0.2, 0) is 14.3 Å². The van der Waals surface area contributed by atoms with Crippen LogP contribution in [0.3, 0.4) is 0 Å². The largest absolute Gasteiger partial charge is 0.495 e. The Kier molecular flexibility index (Phi) is 5.98. The summed E-state index contributed by atoms with van der Waals surface area (Å²) < 4.78 is 10.8. The lowest BCUT2D eigenvalue weighted by atomic mass is 10.1. The van der Waals surface area contributed by atoms with Crippen molar-refractivity contribution in [1.29, 1.82) is 0 Å². The molecule has 5 heteroatoms. The topological polar surface area (TPSA) is 50.8 Å². The SMILES string of the molecule is C=CC(NC(=O)C=CCN1CCC2OCCC21)=C(C=C)OC. The number of carbonyl (C=O) groups excluding carboxylic acids is 1. The van der Waals surface area contributed by atoms with Gasteiger partial charge in [-0.2, -0.15) is 0 Å². The lowest BCUT2D eigenvalue weighted by molar-refractivity contribution is -0.115. The van der Waals surface area contributed by atoms with Crippen LogP contribution in [0.2, 0.25) is 0 Å². The molecule has 1 amide bonds. The van der Waals surface area contributed by atoms with Crippen molar-refractivity contribution in [2.45, 2.75) is 25.0 Å². The number of nitrogens with zero attached hydrogens (tertiary/aromatic N) is 1. The Morgan fingerprint density at radius 2 is 2.23 bits per heavy atom. The minimum absolute atomic E-state index is 0.204. The van der Waals surface area contributed by atoms with E-state index in [9.17, 15) is 4.79 Å². The van der Waals surface area contributed by atoms with Gasteiger partial charge >= 0.3 is 0 Å². The third kappa shape index (κ3) is 3.87. The summed E-state index contributed by atoms with van der Waals surface area (Å²) in [5.41, 5.74) is 0.512. The lowest BCUT2D eigenvalue weighted by Crippen LogP contribution is -2.32. The summed E-state index contributed by atoms with van der Waals surface area (Å²) >= 11 is 0. The Balaban J connectivity index is 1.85. The molecule has 2 aliphatic rings. The van der Waals surface area contributed by atoms with Gasteiger partial charge < -0.3 is 14.8 Å². The zero-order valence-corrected chi connectivity index (χ0v) is 13.1. The van der Waals surface area contributed by atoms with E-state index < -0.39 is 0 Å².